The monoisotopic (exact) mass is 227 g/mol. The van der Waals surface area contributed by atoms with Gasteiger partial charge in [-0.25, -0.2) is 0 Å². The minimum atomic E-state index is 0.0108. The topological polar surface area (TPSA) is 64.1 Å². The molecule has 2 aromatic rings. The van der Waals surface area contributed by atoms with E-state index < -0.39 is 0 Å². The van der Waals surface area contributed by atoms with E-state index in [1.807, 2.05) is 14.0 Å². The summed E-state index contributed by atoms with van der Waals surface area (Å²) in [4.78, 5) is 0. The Hall–Kier alpha value is -1.33. The molecule has 0 radical (unpaired) electrons. The number of nitrogens with zero attached hydrogens (tertiary/aromatic N) is 2. The number of aromatic nitrogens is 2. The van der Waals surface area contributed by atoms with Crippen molar-refractivity contribution < 1.29 is 8.83 Å². The summed E-state index contributed by atoms with van der Waals surface area (Å²) in [7, 11) is 1.82. The zero-order valence-corrected chi connectivity index (χ0v) is 9.08. The van der Waals surface area contributed by atoms with Crippen LogP contribution in [0.15, 0.2) is 21.0 Å². The molecular formula is C9H10ClN3O2. The van der Waals surface area contributed by atoms with E-state index in [1.54, 1.807) is 12.1 Å². The molecule has 1 unspecified atom stereocenters. The number of rotatable bonds is 3. The molecule has 0 amide bonds. The average molecular weight is 228 g/mol. The molecule has 0 saturated carbocycles. The Bertz CT molecular complexity index is 452. The summed E-state index contributed by atoms with van der Waals surface area (Å²) in [6.45, 7) is 1.92. The molecule has 1 atom stereocenters. The van der Waals surface area contributed by atoms with E-state index >= 15 is 0 Å². The highest BCUT2D eigenvalue weighted by Crippen LogP contribution is 2.24. The van der Waals surface area contributed by atoms with Gasteiger partial charge < -0.3 is 14.2 Å². The first-order valence-electron chi connectivity index (χ1n) is 4.47. The number of halogens is 1. The Kier molecular flexibility index (Phi) is 2.75. The lowest BCUT2D eigenvalue weighted by atomic mass is 10.3. The van der Waals surface area contributed by atoms with Crippen LogP contribution in [0.4, 0.5) is 0 Å². The van der Waals surface area contributed by atoms with Crippen molar-refractivity contribution in [3.8, 4) is 11.7 Å². The third-order valence-corrected chi connectivity index (χ3v) is 2.23. The van der Waals surface area contributed by atoms with Crippen LogP contribution >= 0.6 is 11.6 Å². The van der Waals surface area contributed by atoms with Gasteiger partial charge in [-0.1, -0.05) is 0 Å². The van der Waals surface area contributed by atoms with E-state index in [0.717, 1.165) is 0 Å². The van der Waals surface area contributed by atoms with Crippen LogP contribution in [-0.2, 0) is 0 Å². The summed E-state index contributed by atoms with van der Waals surface area (Å²) in [5, 5.41) is 11.0. The van der Waals surface area contributed by atoms with Crippen molar-refractivity contribution in [3.05, 3.63) is 23.2 Å². The molecule has 0 aromatic carbocycles. The van der Waals surface area contributed by atoms with Gasteiger partial charge in [0.25, 0.3) is 5.89 Å². The Morgan fingerprint density at radius 2 is 2.13 bits per heavy atom. The van der Waals surface area contributed by atoms with E-state index in [2.05, 4.69) is 15.5 Å². The van der Waals surface area contributed by atoms with Gasteiger partial charge in [0, 0.05) is 0 Å². The van der Waals surface area contributed by atoms with Crippen molar-refractivity contribution in [3.63, 3.8) is 0 Å². The molecule has 1 N–H and O–H groups in total. The lowest BCUT2D eigenvalue weighted by Gasteiger charge is -2.01. The summed E-state index contributed by atoms with van der Waals surface area (Å²) in [5.41, 5.74) is 0. The minimum Gasteiger partial charge on any atom is -0.440 e. The van der Waals surface area contributed by atoms with Gasteiger partial charge in [-0.05, 0) is 37.7 Å². The molecule has 80 valence electrons. The van der Waals surface area contributed by atoms with Crippen LogP contribution in [0, 0.1) is 0 Å². The molecule has 2 rings (SSSR count). The maximum atomic E-state index is 5.64. The zero-order valence-electron chi connectivity index (χ0n) is 8.32. The van der Waals surface area contributed by atoms with Crippen LogP contribution < -0.4 is 5.32 Å². The highest BCUT2D eigenvalue weighted by Gasteiger charge is 2.15. The van der Waals surface area contributed by atoms with Gasteiger partial charge in [0.15, 0.2) is 11.0 Å². The summed E-state index contributed by atoms with van der Waals surface area (Å²) in [6.07, 6.45) is 0. The van der Waals surface area contributed by atoms with E-state index in [1.165, 1.54) is 0 Å². The van der Waals surface area contributed by atoms with Gasteiger partial charge >= 0.3 is 0 Å². The van der Waals surface area contributed by atoms with Crippen molar-refractivity contribution in [2.24, 2.45) is 0 Å². The van der Waals surface area contributed by atoms with E-state index in [-0.39, 0.29) is 6.04 Å². The van der Waals surface area contributed by atoms with Crippen molar-refractivity contribution in [1.29, 1.82) is 0 Å². The second-order valence-electron chi connectivity index (χ2n) is 3.06. The fourth-order valence-corrected chi connectivity index (χ4v) is 1.21. The normalized spacial score (nSPS) is 13.0. The van der Waals surface area contributed by atoms with Gasteiger partial charge in [0.05, 0.1) is 6.04 Å². The standard InChI is InChI=1S/C9H10ClN3O2/c1-5(11-2)8-12-13-9(15-8)6-3-4-7(10)14-6/h3-5,11H,1-2H3. The summed E-state index contributed by atoms with van der Waals surface area (Å²) in [6, 6.07) is 3.32. The predicted molar refractivity (Wildman–Crippen MR) is 54.5 cm³/mol. The molecular weight excluding hydrogens is 218 g/mol. The largest absolute Gasteiger partial charge is 0.440 e. The quantitative estimate of drug-likeness (QED) is 0.872. The van der Waals surface area contributed by atoms with Crippen molar-refractivity contribution in [1.82, 2.24) is 15.5 Å². The molecule has 0 bridgehead atoms. The fourth-order valence-electron chi connectivity index (χ4n) is 1.06. The van der Waals surface area contributed by atoms with E-state index in [9.17, 15) is 0 Å². The molecule has 0 aliphatic carbocycles. The second-order valence-corrected chi connectivity index (χ2v) is 3.43. The first kappa shape index (κ1) is 10.2. The Morgan fingerprint density at radius 3 is 2.73 bits per heavy atom. The van der Waals surface area contributed by atoms with Crippen LogP contribution in [0.3, 0.4) is 0 Å². The van der Waals surface area contributed by atoms with Crippen LogP contribution in [-0.4, -0.2) is 17.2 Å². The Balaban J connectivity index is 2.27. The number of hydrogen-bond donors (Lipinski definition) is 1. The lowest BCUT2D eigenvalue weighted by Crippen LogP contribution is -2.12. The molecule has 0 saturated heterocycles. The molecule has 0 aliphatic rings. The summed E-state index contributed by atoms with van der Waals surface area (Å²) >= 11 is 5.64. The van der Waals surface area contributed by atoms with Crippen LogP contribution in [0.5, 0.6) is 0 Å². The third-order valence-electron chi connectivity index (χ3n) is 2.03. The molecule has 6 heteroatoms. The molecule has 0 spiro atoms. The number of furan rings is 1. The Labute approximate surface area is 91.4 Å². The maximum Gasteiger partial charge on any atom is 0.283 e. The molecule has 0 aliphatic heterocycles. The van der Waals surface area contributed by atoms with E-state index in [0.29, 0.717) is 22.8 Å². The van der Waals surface area contributed by atoms with Crippen LogP contribution in [0.2, 0.25) is 5.22 Å². The first-order valence-corrected chi connectivity index (χ1v) is 4.85. The van der Waals surface area contributed by atoms with Gasteiger partial charge in [-0.3, -0.25) is 0 Å². The average Bonchev–Trinajstić information content (AvgIpc) is 2.84. The molecule has 0 fully saturated rings. The molecule has 2 aromatic heterocycles. The first-order chi connectivity index (χ1) is 7.20. The molecule has 15 heavy (non-hydrogen) atoms. The maximum absolute atomic E-state index is 5.64. The summed E-state index contributed by atoms with van der Waals surface area (Å²) in [5.74, 6) is 1.32. The predicted octanol–water partition coefficient (Wildman–Crippen LogP) is 2.26. The highest BCUT2D eigenvalue weighted by atomic mass is 35.5. The third kappa shape index (κ3) is 2.03. The van der Waals surface area contributed by atoms with Gasteiger partial charge in [0.2, 0.25) is 5.89 Å². The van der Waals surface area contributed by atoms with E-state index in [4.69, 9.17) is 20.4 Å². The fraction of sp³-hybridized carbons (Fsp3) is 0.333. The number of nitrogens with one attached hydrogen (secondary N) is 1. The van der Waals surface area contributed by atoms with Crippen molar-refractivity contribution >= 4 is 11.6 Å². The molecule has 2 heterocycles. The lowest BCUT2D eigenvalue weighted by molar-refractivity contribution is 0.431. The van der Waals surface area contributed by atoms with Crippen molar-refractivity contribution in [2.75, 3.05) is 7.05 Å². The van der Waals surface area contributed by atoms with Gasteiger partial charge in [-0.2, -0.15) is 0 Å². The molecule has 5 nitrogen and oxygen atoms in total. The second kappa shape index (κ2) is 4.04. The van der Waals surface area contributed by atoms with Gasteiger partial charge in [0.1, 0.15) is 0 Å². The van der Waals surface area contributed by atoms with Crippen LogP contribution in [0.25, 0.3) is 11.7 Å². The highest BCUT2D eigenvalue weighted by molar-refractivity contribution is 6.28. The Morgan fingerprint density at radius 1 is 1.33 bits per heavy atom. The SMILES string of the molecule is CNC(C)c1nnc(-c2ccc(Cl)o2)o1. The zero-order chi connectivity index (χ0) is 10.8. The van der Waals surface area contributed by atoms with Crippen LogP contribution in [0.1, 0.15) is 18.9 Å². The van der Waals surface area contributed by atoms with Gasteiger partial charge in [-0.15, -0.1) is 10.2 Å². The van der Waals surface area contributed by atoms with Crippen molar-refractivity contribution in [2.45, 2.75) is 13.0 Å². The summed E-state index contributed by atoms with van der Waals surface area (Å²) < 4.78 is 10.5. The smallest absolute Gasteiger partial charge is 0.283 e. The minimum absolute atomic E-state index is 0.0108. The number of hydrogen-bond acceptors (Lipinski definition) is 5.